The fourth-order valence-corrected chi connectivity index (χ4v) is 4.50. The van der Waals surface area contributed by atoms with E-state index >= 15 is 0 Å². The first-order valence-electron chi connectivity index (χ1n) is 10.6. The molecule has 0 saturated heterocycles. The van der Waals surface area contributed by atoms with Gasteiger partial charge >= 0.3 is 0 Å². The van der Waals surface area contributed by atoms with Gasteiger partial charge in [0.15, 0.2) is 0 Å². The zero-order valence-corrected chi connectivity index (χ0v) is 19.6. The molecule has 2 N–H and O–H groups in total. The first-order valence-corrected chi connectivity index (χ1v) is 12.1. The van der Waals surface area contributed by atoms with Crippen molar-refractivity contribution in [3.63, 3.8) is 0 Å². The number of furan rings is 1. The van der Waals surface area contributed by atoms with Gasteiger partial charge in [-0.3, -0.25) is 9.59 Å². The molecule has 1 aromatic heterocycles. The largest absolute Gasteiger partial charge is 0.468 e. The fraction of sp³-hybridized carbons (Fsp3) is 0.208. The van der Waals surface area contributed by atoms with Crippen LogP contribution in [0.25, 0.3) is 0 Å². The van der Waals surface area contributed by atoms with Crippen molar-refractivity contribution in [2.45, 2.75) is 38.1 Å². The molecule has 9 nitrogen and oxygen atoms in total. The van der Waals surface area contributed by atoms with Crippen LogP contribution < -0.4 is 15.0 Å². The Bertz CT molecular complexity index is 1360. The van der Waals surface area contributed by atoms with E-state index in [1.165, 1.54) is 29.5 Å². The summed E-state index contributed by atoms with van der Waals surface area (Å²) in [6.45, 7) is 3.79. The lowest BCUT2D eigenvalue weighted by molar-refractivity contribution is -0.118. The Hall–Kier alpha value is -3.76. The van der Waals surface area contributed by atoms with E-state index in [1.807, 2.05) is 32.0 Å². The highest BCUT2D eigenvalue weighted by Gasteiger charge is 2.27. The maximum atomic E-state index is 12.9. The van der Waals surface area contributed by atoms with E-state index in [1.54, 1.807) is 18.2 Å². The molecule has 2 amide bonds. The summed E-state index contributed by atoms with van der Waals surface area (Å²) in [4.78, 5) is 25.4. The predicted octanol–water partition coefficient (Wildman–Crippen LogP) is 3.50. The molecule has 2 heterocycles. The first-order chi connectivity index (χ1) is 16.2. The van der Waals surface area contributed by atoms with Crippen molar-refractivity contribution in [3.05, 3.63) is 77.7 Å². The maximum Gasteiger partial charge on any atom is 0.271 e. The number of aryl methyl sites for hydroxylation is 2. The minimum atomic E-state index is -3.82. The number of amides is 2. The van der Waals surface area contributed by atoms with Crippen LogP contribution >= 0.6 is 0 Å². The molecule has 3 aromatic rings. The van der Waals surface area contributed by atoms with Gasteiger partial charge in [0.05, 0.1) is 23.4 Å². The molecule has 0 bridgehead atoms. The van der Waals surface area contributed by atoms with Gasteiger partial charge in [0.1, 0.15) is 11.5 Å². The van der Waals surface area contributed by atoms with Crippen LogP contribution in [0.3, 0.4) is 0 Å². The average molecular weight is 481 g/mol. The zero-order valence-electron chi connectivity index (χ0n) is 18.7. The fourth-order valence-electron chi connectivity index (χ4n) is 3.46. The van der Waals surface area contributed by atoms with Crippen molar-refractivity contribution in [2.75, 3.05) is 10.3 Å². The highest BCUT2D eigenvalue weighted by molar-refractivity contribution is 7.89. The number of sulfonamides is 1. The monoisotopic (exact) mass is 480 g/mol. The van der Waals surface area contributed by atoms with E-state index in [9.17, 15) is 18.0 Å². The van der Waals surface area contributed by atoms with Gasteiger partial charge in [-0.2, -0.15) is 5.10 Å². The van der Waals surface area contributed by atoms with Crippen LogP contribution in [0.5, 0.6) is 0 Å². The standard InChI is InChI=1S/C24H24N4O5S/c1-16-8-9-17(2)22(13-16)28-23(29)11-10-21(27-28)24(30)26-18-5-3-7-20(14-18)34(31,32)25-15-19-6-4-12-33-19/h3-9,12-14,25H,10-11,15H2,1-2H3,(H,26,30). The molecule has 0 radical (unpaired) electrons. The number of nitrogens with one attached hydrogen (secondary N) is 2. The molecular weight excluding hydrogens is 456 g/mol. The minimum Gasteiger partial charge on any atom is -0.468 e. The van der Waals surface area contributed by atoms with Crippen molar-refractivity contribution in [2.24, 2.45) is 5.10 Å². The summed E-state index contributed by atoms with van der Waals surface area (Å²) in [5.74, 6) is -0.215. The number of hydrogen-bond donors (Lipinski definition) is 2. The SMILES string of the molecule is Cc1ccc(C)c(N2N=C(C(=O)Nc3cccc(S(=O)(=O)NCc4ccco4)c3)CCC2=O)c1. The van der Waals surface area contributed by atoms with Gasteiger partial charge < -0.3 is 9.73 Å². The second kappa shape index (κ2) is 9.62. The Morgan fingerprint density at radius 2 is 1.91 bits per heavy atom. The number of rotatable bonds is 7. The van der Waals surface area contributed by atoms with Gasteiger partial charge in [0.25, 0.3) is 5.91 Å². The van der Waals surface area contributed by atoms with Gasteiger partial charge in [-0.15, -0.1) is 0 Å². The third-order valence-electron chi connectivity index (χ3n) is 5.31. The van der Waals surface area contributed by atoms with Gasteiger partial charge in [-0.1, -0.05) is 18.2 Å². The molecule has 10 heteroatoms. The van der Waals surface area contributed by atoms with Crippen molar-refractivity contribution >= 4 is 38.9 Å². The summed E-state index contributed by atoms with van der Waals surface area (Å²) in [5.41, 5.74) is 2.95. The average Bonchev–Trinajstić information content (AvgIpc) is 3.34. The highest BCUT2D eigenvalue weighted by Crippen LogP contribution is 2.26. The lowest BCUT2D eigenvalue weighted by Crippen LogP contribution is -2.36. The van der Waals surface area contributed by atoms with Crippen LogP contribution in [0.2, 0.25) is 0 Å². The Kier molecular flexibility index (Phi) is 6.62. The molecule has 1 aliphatic heterocycles. The Labute approximate surface area is 197 Å². The minimum absolute atomic E-state index is 0.00493. The lowest BCUT2D eigenvalue weighted by Gasteiger charge is -2.24. The number of carbonyl (C=O) groups excluding carboxylic acids is 2. The Morgan fingerprint density at radius 1 is 1.09 bits per heavy atom. The molecule has 0 spiro atoms. The van der Waals surface area contributed by atoms with Crippen LogP contribution in [0.1, 0.15) is 29.7 Å². The molecule has 0 atom stereocenters. The molecule has 34 heavy (non-hydrogen) atoms. The van der Waals surface area contributed by atoms with Crippen molar-refractivity contribution in [1.29, 1.82) is 0 Å². The third-order valence-corrected chi connectivity index (χ3v) is 6.71. The van der Waals surface area contributed by atoms with E-state index in [0.29, 0.717) is 17.1 Å². The quantitative estimate of drug-likeness (QED) is 0.536. The van der Waals surface area contributed by atoms with Gasteiger partial charge in [-0.25, -0.2) is 18.1 Å². The topological polar surface area (TPSA) is 121 Å². The molecule has 0 saturated carbocycles. The van der Waals surface area contributed by atoms with Gasteiger partial charge in [0.2, 0.25) is 15.9 Å². The molecule has 0 aliphatic carbocycles. The summed E-state index contributed by atoms with van der Waals surface area (Å²) in [6, 6.07) is 14.9. The number of anilines is 2. The predicted molar refractivity (Wildman–Crippen MR) is 128 cm³/mol. The second-order valence-corrected chi connectivity index (χ2v) is 9.70. The summed E-state index contributed by atoms with van der Waals surface area (Å²) >= 11 is 0. The van der Waals surface area contributed by atoms with Crippen LogP contribution in [0, 0.1) is 13.8 Å². The van der Waals surface area contributed by atoms with E-state index in [-0.39, 0.29) is 35.9 Å². The van der Waals surface area contributed by atoms with E-state index in [2.05, 4.69) is 15.1 Å². The van der Waals surface area contributed by atoms with Gasteiger partial charge in [0, 0.05) is 18.5 Å². The Morgan fingerprint density at radius 3 is 2.68 bits per heavy atom. The van der Waals surface area contributed by atoms with E-state index in [4.69, 9.17) is 4.42 Å². The van der Waals surface area contributed by atoms with Crippen molar-refractivity contribution < 1.29 is 22.4 Å². The molecule has 0 fully saturated rings. The molecule has 0 unspecified atom stereocenters. The molecule has 4 rings (SSSR count). The summed E-state index contributed by atoms with van der Waals surface area (Å²) < 4.78 is 32.9. The summed E-state index contributed by atoms with van der Waals surface area (Å²) in [6.07, 6.45) is 1.79. The van der Waals surface area contributed by atoms with Crippen LogP contribution in [-0.2, 0) is 26.2 Å². The second-order valence-electron chi connectivity index (χ2n) is 7.93. The van der Waals surface area contributed by atoms with E-state index in [0.717, 1.165) is 11.1 Å². The summed E-state index contributed by atoms with van der Waals surface area (Å²) in [7, 11) is -3.82. The summed E-state index contributed by atoms with van der Waals surface area (Å²) in [5, 5.41) is 8.26. The van der Waals surface area contributed by atoms with Crippen LogP contribution in [-0.4, -0.2) is 25.9 Å². The number of benzene rings is 2. The maximum absolute atomic E-state index is 12.9. The van der Waals surface area contributed by atoms with Crippen molar-refractivity contribution in [1.82, 2.24) is 4.72 Å². The van der Waals surface area contributed by atoms with Gasteiger partial charge in [-0.05, 0) is 61.4 Å². The van der Waals surface area contributed by atoms with E-state index < -0.39 is 15.9 Å². The highest BCUT2D eigenvalue weighted by atomic mass is 32.2. The third kappa shape index (κ3) is 5.24. The molecule has 176 valence electrons. The molecule has 2 aromatic carbocycles. The number of carbonyl (C=O) groups is 2. The molecular formula is C24H24N4O5S. The smallest absolute Gasteiger partial charge is 0.271 e. The number of nitrogens with zero attached hydrogens (tertiary/aromatic N) is 2. The van der Waals surface area contributed by atoms with Crippen LogP contribution in [0.4, 0.5) is 11.4 Å². The lowest BCUT2D eigenvalue weighted by atomic mass is 10.1. The Balaban J connectivity index is 1.51. The van der Waals surface area contributed by atoms with Crippen molar-refractivity contribution in [3.8, 4) is 0 Å². The number of hydrazone groups is 1. The molecule has 1 aliphatic rings. The number of hydrogen-bond acceptors (Lipinski definition) is 6. The zero-order chi connectivity index (χ0) is 24.3. The normalized spacial score (nSPS) is 14.1. The first kappa shape index (κ1) is 23.4. The van der Waals surface area contributed by atoms with Crippen LogP contribution in [0.15, 0.2) is 75.3 Å².